The van der Waals surface area contributed by atoms with Gasteiger partial charge in [-0.3, -0.25) is 9.78 Å². The molecule has 2 aliphatic rings. The van der Waals surface area contributed by atoms with Crippen LogP contribution in [0.15, 0.2) is 27.7 Å². The smallest absolute Gasteiger partial charge is 0.230 e. The van der Waals surface area contributed by atoms with Crippen LogP contribution in [0, 0.1) is 5.92 Å². The van der Waals surface area contributed by atoms with Crippen molar-refractivity contribution in [2.45, 2.75) is 43.4 Å². The summed E-state index contributed by atoms with van der Waals surface area (Å²) in [6, 6.07) is 3.78. The van der Waals surface area contributed by atoms with Gasteiger partial charge < -0.3 is 9.09 Å². The number of hydrogen-bond acceptors (Lipinski definition) is 9. The van der Waals surface area contributed by atoms with Crippen molar-refractivity contribution in [1.29, 1.82) is 0 Å². The topological polar surface area (TPSA) is 112 Å². The first-order chi connectivity index (χ1) is 15.6. The van der Waals surface area contributed by atoms with E-state index in [1.165, 1.54) is 0 Å². The standard InChI is InChI=1S/C22H21N7O2S/c1-3-32-16-8-13(19-25-22(31-28-19)12-6-7-12)10-23-17(16)21-24-15-9-14(18(30)11-4-5-11)26-27-20(15)29(21)2/h8-12H,3-7H2,1-2H3. The lowest BCUT2D eigenvalue weighted by Crippen LogP contribution is -2.06. The van der Waals surface area contributed by atoms with Gasteiger partial charge in [-0.2, -0.15) is 4.98 Å². The molecular weight excluding hydrogens is 426 g/mol. The Morgan fingerprint density at radius 3 is 2.78 bits per heavy atom. The highest BCUT2D eigenvalue weighted by molar-refractivity contribution is 7.99. The zero-order chi connectivity index (χ0) is 21.8. The van der Waals surface area contributed by atoms with Gasteiger partial charge in [0, 0.05) is 35.5 Å². The number of imidazole rings is 1. The molecule has 32 heavy (non-hydrogen) atoms. The molecule has 0 aliphatic heterocycles. The molecule has 0 aromatic carbocycles. The molecule has 0 unspecified atom stereocenters. The number of rotatable bonds is 7. The molecule has 0 saturated heterocycles. The maximum atomic E-state index is 12.4. The number of carbonyl (C=O) groups is 1. The molecule has 162 valence electrons. The number of thioether (sulfide) groups is 1. The molecule has 0 amide bonds. The third-order valence-electron chi connectivity index (χ3n) is 5.81. The van der Waals surface area contributed by atoms with Gasteiger partial charge in [0.15, 0.2) is 17.3 Å². The van der Waals surface area contributed by atoms with Crippen molar-refractivity contribution in [3.05, 3.63) is 29.9 Å². The lowest BCUT2D eigenvalue weighted by molar-refractivity contribution is 0.0962. The third kappa shape index (κ3) is 3.38. The van der Waals surface area contributed by atoms with Crippen LogP contribution in [0.2, 0.25) is 0 Å². The molecule has 0 bridgehead atoms. The monoisotopic (exact) mass is 447 g/mol. The quantitative estimate of drug-likeness (QED) is 0.306. The van der Waals surface area contributed by atoms with Crippen LogP contribution >= 0.6 is 11.8 Å². The summed E-state index contributed by atoms with van der Waals surface area (Å²) in [5.41, 5.74) is 3.22. The molecule has 4 aromatic rings. The number of aryl methyl sites for hydroxylation is 1. The molecule has 2 saturated carbocycles. The number of ketones is 1. The van der Waals surface area contributed by atoms with Crippen LogP contribution in [-0.2, 0) is 7.05 Å². The van der Waals surface area contributed by atoms with Crippen molar-refractivity contribution in [2.75, 3.05) is 5.75 Å². The van der Waals surface area contributed by atoms with E-state index in [4.69, 9.17) is 14.5 Å². The van der Waals surface area contributed by atoms with E-state index in [0.29, 0.717) is 40.3 Å². The fourth-order valence-electron chi connectivity index (χ4n) is 3.72. The first-order valence-electron chi connectivity index (χ1n) is 10.8. The van der Waals surface area contributed by atoms with Crippen LogP contribution in [0.4, 0.5) is 0 Å². The summed E-state index contributed by atoms with van der Waals surface area (Å²) in [4.78, 5) is 27.4. The van der Waals surface area contributed by atoms with E-state index in [1.54, 1.807) is 24.0 Å². The predicted octanol–water partition coefficient (Wildman–Crippen LogP) is 4.06. The van der Waals surface area contributed by atoms with Crippen molar-refractivity contribution < 1.29 is 9.32 Å². The van der Waals surface area contributed by atoms with Crippen molar-refractivity contribution in [3.63, 3.8) is 0 Å². The van der Waals surface area contributed by atoms with Crippen molar-refractivity contribution >= 4 is 28.7 Å². The molecular formula is C22H21N7O2S. The van der Waals surface area contributed by atoms with Crippen LogP contribution in [0.3, 0.4) is 0 Å². The Balaban J connectivity index is 1.40. The number of Topliss-reactive ketones (excluding diaryl/α,β-unsaturated/α-hetero) is 1. The van der Waals surface area contributed by atoms with Gasteiger partial charge in [-0.1, -0.05) is 12.1 Å². The zero-order valence-electron chi connectivity index (χ0n) is 17.8. The second-order valence-corrected chi connectivity index (χ2v) is 9.61. The predicted molar refractivity (Wildman–Crippen MR) is 118 cm³/mol. The summed E-state index contributed by atoms with van der Waals surface area (Å²) < 4.78 is 7.28. The minimum atomic E-state index is 0.0574. The summed E-state index contributed by atoms with van der Waals surface area (Å²) >= 11 is 1.68. The second-order valence-electron chi connectivity index (χ2n) is 8.31. The Kier molecular flexibility index (Phi) is 4.56. The number of hydrogen-bond donors (Lipinski definition) is 0. The Labute approximate surface area is 188 Å². The van der Waals surface area contributed by atoms with Crippen molar-refractivity contribution in [2.24, 2.45) is 13.0 Å². The highest BCUT2D eigenvalue weighted by atomic mass is 32.2. The Morgan fingerprint density at radius 2 is 2.03 bits per heavy atom. The summed E-state index contributed by atoms with van der Waals surface area (Å²) in [5.74, 6) is 3.38. The van der Waals surface area contributed by atoms with Gasteiger partial charge in [0.1, 0.15) is 16.9 Å². The third-order valence-corrected chi connectivity index (χ3v) is 6.72. The van der Waals surface area contributed by atoms with Gasteiger partial charge >= 0.3 is 0 Å². The average Bonchev–Trinajstić information content (AvgIpc) is 3.75. The zero-order valence-corrected chi connectivity index (χ0v) is 18.6. The largest absolute Gasteiger partial charge is 0.339 e. The Morgan fingerprint density at radius 1 is 1.19 bits per heavy atom. The fourth-order valence-corrected chi connectivity index (χ4v) is 4.52. The van der Waals surface area contributed by atoms with Crippen LogP contribution < -0.4 is 0 Å². The van der Waals surface area contributed by atoms with E-state index < -0.39 is 0 Å². The molecule has 4 heterocycles. The number of fused-ring (bicyclic) bond motifs is 1. The Hall–Kier alpha value is -3.14. The summed E-state index contributed by atoms with van der Waals surface area (Å²) in [6.07, 6.45) is 5.84. The minimum Gasteiger partial charge on any atom is -0.339 e. The number of nitrogens with zero attached hydrogens (tertiary/aromatic N) is 7. The molecule has 2 fully saturated rings. The van der Waals surface area contributed by atoms with Crippen molar-refractivity contribution in [1.82, 2.24) is 34.9 Å². The van der Waals surface area contributed by atoms with Crippen molar-refractivity contribution in [3.8, 4) is 22.9 Å². The van der Waals surface area contributed by atoms with Gasteiger partial charge in [-0.05, 0) is 43.6 Å². The molecule has 0 spiro atoms. The molecule has 4 aromatic heterocycles. The highest BCUT2D eigenvalue weighted by Crippen LogP contribution is 2.40. The minimum absolute atomic E-state index is 0.0574. The van der Waals surface area contributed by atoms with Gasteiger partial charge in [0.2, 0.25) is 11.7 Å². The lowest BCUT2D eigenvalue weighted by atomic mass is 10.2. The summed E-state index contributed by atoms with van der Waals surface area (Å²) in [6.45, 7) is 2.09. The molecule has 0 N–H and O–H groups in total. The summed E-state index contributed by atoms with van der Waals surface area (Å²) in [7, 11) is 1.89. The van der Waals surface area contributed by atoms with E-state index in [9.17, 15) is 4.79 Å². The normalized spacial score (nSPS) is 16.1. The second kappa shape index (κ2) is 7.47. The lowest BCUT2D eigenvalue weighted by Gasteiger charge is -2.08. The molecule has 0 radical (unpaired) electrons. The van der Waals surface area contributed by atoms with E-state index >= 15 is 0 Å². The maximum absolute atomic E-state index is 12.4. The molecule has 9 nitrogen and oxygen atoms in total. The van der Waals surface area contributed by atoms with Crippen LogP contribution in [0.25, 0.3) is 34.1 Å². The van der Waals surface area contributed by atoms with E-state index in [1.807, 2.05) is 17.7 Å². The van der Waals surface area contributed by atoms with Gasteiger partial charge in [0.05, 0.1) is 0 Å². The van der Waals surface area contributed by atoms with Crippen LogP contribution in [-0.4, -0.2) is 46.4 Å². The number of carbonyl (C=O) groups excluding carboxylic acids is 1. The highest BCUT2D eigenvalue weighted by Gasteiger charge is 2.32. The molecule has 2 aliphatic carbocycles. The average molecular weight is 448 g/mol. The number of pyridine rings is 1. The van der Waals surface area contributed by atoms with Gasteiger partial charge in [-0.25, -0.2) is 4.98 Å². The maximum Gasteiger partial charge on any atom is 0.230 e. The number of aromatic nitrogens is 7. The van der Waals surface area contributed by atoms with Crippen LogP contribution in [0.1, 0.15) is 54.9 Å². The van der Waals surface area contributed by atoms with E-state index in [2.05, 4.69) is 27.3 Å². The first-order valence-corrected chi connectivity index (χ1v) is 11.8. The fraction of sp³-hybridized carbons (Fsp3) is 0.409. The van der Waals surface area contributed by atoms with E-state index in [-0.39, 0.29) is 11.7 Å². The first kappa shape index (κ1) is 19.5. The SMILES string of the molecule is CCSc1cc(-c2noc(C3CC3)n2)cnc1-c1nc2cc(C(=O)C3CC3)nnc2n1C. The van der Waals surface area contributed by atoms with E-state index in [0.717, 1.165) is 47.6 Å². The molecule has 0 atom stereocenters. The molecule has 10 heteroatoms. The van der Waals surface area contributed by atoms with Gasteiger partial charge in [0.25, 0.3) is 0 Å². The summed E-state index contributed by atoms with van der Waals surface area (Å²) in [5, 5.41) is 12.6. The Bertz CT molecular complexity index is 1350. The molecule has 6 rings (SSSR count). The van der Waals surface area contributed by atoms with Gasteiger partial charge in [-0.15, -0.1) is 22.0 Å². The van der Waals surface area contributed by atoms with Crippen LogP contribution in [0.5, 0.6) is 0 Å².